The van der Waals surface area contributed by atoms with Crippen LogP contribution in [0.4, 0.5) is 4.39 Å². The lowest BCUT2D eigenvalue weighted by atomic mass is 9.48. The highest BCUT2D eigenvalue weighted by Gasteiger charge is 2.59. The Morgan fingerprint density at radius 1 is 1.09 bits per heavy atom. The highest BCUT2D eigenvalue weighted by molar-refractivity contribution is 5.89. The van der Waals surface area contributed by atoms with Gasteiger partial charge in [0.1, 0.15) is 12.4 Å². The van der Waals surface area contributed by atoms with Crippen molar-refractivity contribution >= 4 is 11.9 Å². The van der Waals surface area contributed by atoms with Gasteiger partial charge in [-0.25, -0.2) is 9.18 Å². The molecule has 3 saturated carbocycles. The average molecular weight is 470 g/mol. The number of hydrogen-bond acceptors (Lipinski definition) is 4. The van der Waals surface area contributed by atoms with Gasteiger partial charge in [0.2, 0.25) is 5.91 Å². The van der Waals surface area contributed by atoms with E-state index in [4.69, 9.17) is 9.47 Å². The number of ether oxygens (including phenoxy) is 2. The van der Waals surface area contributed by atoms with Crippen LogP contribution in [0.3, 0.4) is 0 Å². The maximum absolute atomic E-state index is 13.0. The van der Waals surface area contributed by atoms with Gasteiger partial charge >= 0.3 is 5.97 Å². The number of amides is 1. The van der Waals surface area contributed by atoms with E-state index in [-0.39, 0.29) is 47.8 Å². The molecule has 6 heteroatoms. The Morgan fingerprint density at radius 2 is 1.88 bits per heavy atom. The molecule has 1 aromatic carbocycles. The monoisotopic (exact) mass is 469 g/mol. The van der Waals surface area contributed by atoms with Gasteiger partial charge in [0.15, 0.2) is 0 Å². The molecule has 4 aliphatic rings. The van der Waals surface area contributed by atoms with Crippen molar-refractivity contribution in [2.45, 2.75) is 65.0 Å². The molecular formula is C28H36FNO4. The molecule has 3 aliphatic carbocycles. The molecule has 0 aromatic heterocycles. The number of nitrogens with one attached hydrogen (secondary N) is 1. The molecule has 0 bridgehead atoms. The predicted molar refractivity (Wildman–Crippen MR) is 126 cm³/mol. The first-order valence-corrected chi connectivity index (χ1v) is 12.8. The van der Waals surface area contributed by atoms with E-state index < -0.39 is 0 Å². The fourth-order valence-corrected chi connectivity index (χ4v) is 7.78. The van der Waals surface area contributed by atoms with Crippen molar-refractivity contribution < 1.29 is 23.5 Å². The van der Waals surface area contributed by atoms with Crippen LogP contribution in [0, 0.1) is 40.3 Å². The summed E-state index contributed by atoms with van der Waals surface area (Å²) in [6.45, 7) is 5.38. The van der Waals surface area contributed by atoms with E-state index in [0.717, 1.165) is 31.2 Å². The van der Waals surface area contributed by atoms with Crippen molar-refractivity contribution in [3.63, 3.8) is 0 Å². The van der Waals surface area contributed by atoms with Crippen molar-refractivity contribution in [2.75, 3.05) is 13.2 Å². The predicted octanol–water partition coefficient (Wildman–Crippen LogP) is 4.80. The Kier molecular flexibility index (Phi) is 6.30. The van der Waals surface area contributed by atoms with Crippen LogP contribution in [0.1, 0.15) is 57.9 Å². The molecule has 1 amide bonds. The van der Waals surface area contributed by atoms with Crippen LogP contribution in [0.25, 0.3) is 0 Å². The van der Waals surface area contributed by atoms with Gasteiger partial charge in [0.25, 0.3) is 0 Å². The van der Waals surface area contributed by atoms with Crippen LogP contribution in [0.15, 0.2) is 36.4 Å². The van der Waals surface area contributed by atoms with Gasteiger partial charge in [0, 0.05) is 11.5 Å². The van der Waals surface area contributed by atoms with Gasteiger partial charge in [-0.2, -0.15) is 0 Å². The zero-order chi connectivity index (χ0) is 23.9. The molecule has 184 valence electrons. The second kappa shape index (κ2) is 9.10. The van der Waals surface area contributed by atoms with E-state index >= 15 is 0 Å². The van der Waals surface area contributed by atoms with E-state index in [0.29, 0.717) is 30.3 Å². The van der Waals surface area contributed by atoms with Crippen molar-refractivity contribution in [2.24, 2.45) is 34.5 Å². The number of carbonyl (C=O) groups is 2. The quantitative estimate of drug-likeness (QED) is 0.608. The zero-order valence-electron chi connectivity index (χ0n) is 20.2. The number of rotatable bonds is 6. The molecule has 4 unspecified atom stereocenters. The summed E-state index contributed by atoms with van der Waals surface area (Å²) < 4.78 is 24.1. The Labute approximate surface area is 201 Å². The first kappa shape index (κ1) is 23.5. The minimum absolute atomic E-state index is 0.0462. The smallest absolute Gasteiger partial charge is 0.332 e. The second-order valence-corrected chi connectivity index (χ2v) is 11.3. The fraction of sp³-hybridized carbons (Fsp3) is 0.643. The molecule has 34 heavy (non-hydrogen) atoms. The van der Waals surface area contributed by atoms with Gasteiger partial charge in [0.05, 0.1) is 13.2 Å². The molecule has 1 N–H and O–H groups in total. The van der Waals surface area contributed by atoms with Crippen LogP contribution >= 0.6 is 0 Å². The first-order valence-electron chi connectivity index (χ1n) is 12.8. The largest absolute Gasteiger partial charge is 0.464 e. The van der Waals surface area contributed by atoms with Crippen molar-refractivity contribution in [3.05, 3.63) is 47.8 Å². The Morgan fingerprint density at radius 3 is 2.68 bits per heavy atom. The average Bonchev–Trinajstić information content (AvgIpc) is 3.16. The van der Waals surface area contributed by atoms with E-state index in [1.807, 2.05) is 0 Å². The molecular weight excluding hydrogens is 433 g/mol. The second-order valence-electron chi connectivity index (χ2n) is 11.3. The SMILES string of the molecule is C[C@]12C=CC(=O)NC1CCC1C2CC[C@@]2(C)C1CC[C@@H]2COC(=O)COCc1ccc(F)cc1. The van der Waals surface area contributed by atoms with Gasteiger partial charge in [-0.15, -0.1) is 0 Å². The van der Waals surface area contributed by atoms with E-state index in [9.17, 15) is 14.0 Å². The summed E-state index contributed by atoms with van der Waals surface area (Å²) in [5.74, 6) is 1.72. The topological polar surface area (TPSA) is 64.6 Å². The molecule has 1 aromatic rings. The lowest BCUT2D eigenvalue weighted by Gasteiger charge is -2.58. The third-order valence-corrected chi connectivity index (χ3v) is 9.73. The van der Waals surface area contributed by atoms with Crippen LogP contribution in [-0.4, -0.2) is 31.1 Å². The Bertz CT molecular complexity index is 962. The van der Waals surface area contributed by atoms with Crippen molar-refractivity contribution in [1.82, 2.24) is 5.32 Å². The maximum atomic E-state index is 13.0. The Balaban J connectivity index is 1.15. The third kappa shape index (κ3) is 4.19. The summed E-state index contributed by atoms with van der Waals surface area (Å²) in [7, 11) is 0. The fourth-order valence-electron chi connectivity index (χ4n) is 7.78. The molecule has 0 saturated heterocycles. The highest BCUT2D eigenvalue weighted by atomic mass is 19.1. The number of esters is 1. The van der Waals surface area contributed by atoms with Crippen LogP contribution in [-0.2, 0) is 25.7 Å². The van der Waals surface area contributed by atoms with E-state index in [1.165, 1.54) is 25.0 Å². The molecule has 3 fully saturated rings. The van der Waals surface area contributed by atoms with Crippen LogP contribution in [0.2, 0.25) is 0 Å². The number of halogens is 1. The standard InChI is InChI=1S/C28H36FNO4/c1-27-13-11-23-21(8-10-24-28(23,2)14-12-25(31)30-24)22(27)9-5-19(27)16-34-26(32)17-33-15-18-3-6-20(29)7-4-18/h3-4,6-7,12,14,19,21-24H,5,8-11,13,15-17H2,1-2H3,(H,30,31)/t19-,21?,22?,23?,24?,27-,28-/m1/s1. The zero-order valence-corrected chi connectivity index (χ0v) is 20.2. The number of fused-ring (bicyclic) bond motifs is 5. The number of hydrogen-bond donors (Lipinski definition) is 1. The summed E-state index contributed by atoms with van der Waals surface area (Å²) >= 11 is 0. The summed E-state index contributed by atoms with van der Waals surface area (Å²) in [6, 6.07) is 6.33. The molecule has 1 aliphatic heterocycles. The van der Waals surface area contributed by atoms with E-state index in [1.54, 1.807) is 18.2 Å². The first-order chi connectivity index (χ1) is 16.3. The minimum Gasteiger partial charge on any atom is -0.464 e. The number of benzene rings is 1. The number of carbonyl (C=O) groups excluding carboxylic acids is 2. The molecule has 5 nitrogen and oxygen atoms in total. The molecule has 1 heterocycles. The Hall–Kier alpha value is -2.21. The molecule has 0 spiro atoms. The summed E-state index contributed by atoms with van der Waals surface area (Å²) in [5.41, 5.74) is 1.07. The van der Waals surface area contributed by atoms with E-state index in [2.05, 4.69) is 25.2 Å². The molecule has 5 rings (SSSR count). The van der Waals surface area contributed by atoms with Gasteiger partial charge in [-0.3, -0.25) is 4.79 Å². The lowest BCUT2D eigenvalue weighted by Crippen LogP contribution is -2.59. The van der Waals surface area contributed by atoms with Gasteiger partial charge < -0.3 is 14.8 Å². The van der Waals surface area contributed by atoms with Crippen LogP contribution in [0.5, 0.6) is 0 Å². The molecule has 7 atom stereocenters. The summed E-state index contributed by atoms with van der Waals surface area (Å²) in [5, 5.41) is 3.22. The maximum Gasteiger partial charge on any atom is 0.332 e. The summed E-state index contributed by atoms with van der Waals surface area (Å²) in [4.78, 5) is 24.2. The van der Waals surface area contributed by atoms with Crippen molar-refractivity contribution in [1.29, 1.82) is 0 Å². The van der Waals surface area contributed by atoms with Gasteiger partial charge in [-0.05, 0) is 91.4 Å². The third-order valence-electron chi connectivity index (χ3n) is 9.73. The van der Waals surface area contributed by atoms with Crippen molar-refractivity contribution in [3.8, 4) is 0 Å². The highest BCUT2D eigenvalue weighted by Crippen LogP contribution is 2.64. The lowest BCUT2D eigenvalue weighted by molar-refractivity contribution is -0.153. The van der Waals surface area contributed by atoms with Gasteiger partial charge in [-0.1, -0.05) is 32.1 Å². The minimum atomic E-state index is -0.334. The van der Waals surface area contributed by atoms with Crippen LogP contribution < -0.4 is 5.32 Å². The normalized spacial score (nSPS) is 38.4. The molecule has 0 radical (unpaired) electrons. The summed E-state index contributed by atoms with van der Waals surface area (Å²) in [6.07, 6.45) is 10.7.